The van der Waals surface area contributed by atoms with Gasteiger partial charge in [-0.25, -0.2) is 9.78 Å². The lowest BCUT2D eigenvalue weighted by Gasteiger charge is -2.37. The van der Waals surface area contributed by atoms with Crippen LogP contribution in [0.2, 0.25) is 0 Å². The summed E-state index contributed by atoms with van der Waals surface area (Å²) in [4.78, 5) is 30.8. The molecule has 0 spiro atoms. The Hall–Kier alpha value is -2.93. The highest BCUT2D eigenvalue weighted by molar-refractivity contribution is 7.22. The number of ether oxygens (including phenoxy) is 1. The molecule has 1 amide bonds. The van der Waals surface area contributed by atoms with E-state index in [2.05, 4.69) is 21.3 Å². The average molecular weight is 381 g/mol. The number of amides is 1. The van der Waals surface area contributed by atoms with Gasteiger partial charge < -0.3 is 15.0 Å². The molecule has 2 aromatic carbocycles. The zero-order valence-electron chi connectivity index (χ0n) is 14.8. The average Bonchev–Trinajstić information content (AvgIpc) is 3.04. The number of esters is 1. The minimum absolute atomic E-state index is 0.0174. The third kappa shape index (κ3) is 3.64. The van der Waals surface area contributed by atoms with Crippen LogP contribution in [0.5, 0.6) is 0 Å². The van der Waals surface area contributed by atoms with Crippen molar-refractivity contribution in [2.45, 2.75) is 6.92 Å². The number of nitrogens with one attached hydrogen (secondary N) is 1. The lowest BCUT2D eigenvalue weighted by Crippen LogP contribution is -2.52. The van der Waals surface area contributed by atoms with Gasteiger partial charge in [0.1, 0.15) is 0 Å². The van der Waals surface area contributed by atoms with E-state index in [-0.39, 0.29) is 17.8 Å². The number of rotatable bonds is 5. The second-order valence-corrected chi connectivity index (χ2v) is 7.36. The van der Waals surface area contributed by atoms with E-state index in [1.54, 1.807) is 42.5 Å². The molecule has 1 aromatic heterocycles. The first kappa shape index (κ1) is 17.5. The predicted molar refractivity (Wildman–Crippen MR) is 106 cm³/mol. The van der Waals surface area contributed by atoms with E-state index in [0.29, 0.717) is 30.9 Å². The van der Waals surface area contributed by atoms with E-state index < -0.39 is 0 Å². The summed E-state index contributed by atoms with van der Waals surface area (Å²) < 4.78 is 6.11. The van der Waals surface area contributed by atoms with Gasteiger partial charge in [-0.15, -0.1) is 0 Å². The molecule has 4 rings (SSSR count). The highest BCUT2D eigenvalue weighted by Crippen LogP contribution is 2.33. The molecule has 6 nitrogen and oxygen atoms in total. The van der Waals surface area contributed by atoms with Crippen LogP contribution in [0.25, 0.3) is 10.2 Å². The molecule has 3 aromatic rings. The normalized spacial score (nSPS) is 14.0. The Balaban J connectivity index is 1.33. The summed E-state index contributed by atoms with van der Waals surface area (Å²) in [6.45, 7) is 3.42. The highest BCUT2D eigenvalue weighted by Gasteiger charge is 2.34. The van der Waals surface area contributed by atoms with Gasteiger partial charge in [-0.05, 0) is 43.3 Å². The molecule has 0 radical (unpaired) electrons. The molecular weight excluding hydrogens is 362 g/mol. The Morgan fingerprint density at radius 2 is 1.93 bits per heavy atom. The molecule has 1 fully saturated rings. The molecule has 27 heavy (non-hydrogen) atoms. The Labute approximate surface area is 160 Å². The van der Waals surface area contributed by atoms with Crippen LogP contribution in [0.3, 0.4) is 0 Å². The molecule has 1 N–H and O–H groups in total. The predicted octanol–water partition coefficient (Wildman–Crippen LogP) is 3.55. The third-order valence-corrected chi connectivity index (χ3v) is 5.57. The van der Waals surface area contributed by atoms with Crippen molar-refractivity contribution in [3.05, 3.63) is 54.1 Å². The molecule has 0 saturated carbocycles. The molecule has 138 valence electrons. The smallest absolute Gasteiger partial charge is 0.338 e. The van der Waals surface area contributed by atoms with Crippen LogP contribution >= 0.6 is 11.3 Å². The largest absolute Gasteiger partial charge is 0.462 e. The van der Waals surface area contributed by atoms with Crippen molar-refractivity contribution in [1.29, 1.82) is 0 Å². The Morgan fingerprint density at radius 1 is 1.19 bits per heavy atom. The second-order valence-electron chi connectivity index (χ2n) is 6.35. The van der Waals surface area contributed by atoms with Gasteiger partial charge in [0, 0.05) is 18.8 Å². The van der Waals surface area contributed by atoms with Gasteiger partial charge in [0.05, 0.1) is 28.3 Å². The van der Waals surface area contributed by atoms with Crippen LogP contribution in [0.1, 0.15) is 17.3 Å². The molecule has 0 aliphatic carbocycles. The number of hydrogen-bond acceptors (Lipinski definition) is 6. The zero-order chi connectivity index (χ0) is 18.8. The van der Waals surface area contributed by atoms with E-state index in [1.807, 2.05) is 18.2 Å². The standard InChI is InChI=1S/C20H19N3O3S/c1-2-26-19(25)13-7-9-15(10-8-13)21-18(24)14-11-23(12-14)20-22-16-5-3-4-6-17(16)27-20/h3-10,14H,2,11-12H2,1H3,(H,21,24). The van der Waals surface area contributed by atoms with Crippen molar-refractivity contribution in [2.24, 2.45) is 5.92 Å². The fraction of sp³-hybridized carbons (Fsp3) is 0.250. The highest BCUT2D eigenvalue weighted by atomic mass is 32.1. The molecule has 7 heteroatoms. The van der Waals surface area contributed by atoms with Gasteiger partial charge in [0.15, 0.2) is 5.13 Å². The van der Waals surface area contributed by atoms with Gasteiger partial charge in [-0.2, -0.15) is 0 Å². The van der Waals surface area contributed by atoms with E-state index in [0.717, 1.165) is 15.3 Å². The Bertz CT molecular complexity index is 945. The maximum atomic E-state index is 12.4. The summed E-state index contributed by atoms with van der Waals surface area (Å²) in [5.74, 6) is -0.446. The van der Waals surface area contributed by atoms with Crippen molar-refractivity contribution in [3.8, 4) is 0 Å². The van der Waals surface area contributed by atoms with Gasteiger partial charge in [-0.1, -0.05) is 23.5 Å². The molecule has 0 bridgehead atoms. The van der Waals surface area contributed by atoms with Crippen LogP contribution in [-0.2, 0) is 9.53 Å². The number of nitrogens with zero attached hydrogens (tertiary/aromatic N) is 2. The Kier molecular flexibility index (Phi) is 4.77. The van der Waals surface area contributed by atoms with Crippen molar-refractivity contribution >= 4 is 44.2 Å². The van der Waals surface area contributed by atoms with Crippen molar-refractivity contribution < 1.29 is 14.3 Å². The minimum atomic E-state index is -0.360. The van der Waals surface area contributed by atoms with Gasteiger partial charge in [0.25, 0.3) is 0 Å². The lowest BCUT2D eigenvalue weighted by molar-refractivity contribution is -0.120. The summed E-state index contributed by atoms with van der Waals surface area (Å²) in [6, 6.07) is 14.8. The summed E-state index contributed by atoms with van der Waals surface area (Å²) in [6.07, 6.45) is 0. The maximum Gasteiger partial charge on any atom is 0.338 e. The number of benzene rings is 2. The first-order valence-corrected chi connectivity index (χ1v) is 9.64. The summed E-state index contributed by atoms with van der Waals surface area (Å²) in [7, 11) is 0. The molecule has 0 unspecified atom stereocenters. The van der Waals surface area contributed by atoms with Gasteiger partial charge >= 0.3 is 5.97 Å². The number of carbonyl (C=O) groups excluding carboxylic acids is 2. The first-order chi connectivity index (χ1) is 13.1. The molecule has 0 atom stereocenters. The number of anilines is 2. The van der Waals surface area contributed by atoms with Crippen molar-refractivity contribution in [2.75, 3.05) is 29.9 Å². The molecular formula is C20H19N3O3S. The number of carbonyl (C=O) groups is 2. The Morgan fingerprint density at radius 3 is 2.63 bits per heavy atom. The lowest BCUT2D eigenvalue weighted by atomic mass is 10.00. The third-order valence-electron chi connectivity index (χ3n) is 4.47. The molecule has 1 aliphatic rings. The van der Waals surface area contributed by atoms with Crippen molar-refractivity contribution in [3.63, 3.8) is 0 Å². The van der Waals surface area contributed by atoms with Crippen molar-refractivity contribution in [1.82, 2.24) is 4.98 Å². The number of aromatic nitrogens is 1. The number of fused-ring (bicyclic) bond motifs is 1. The molecule has 2 heterocycles. The number of thiazole rings is 1. The summed E-state index contributed by atoms with van der Waals surface area (Å²) in [5, 5.41) is 3.86. The van der Waals surface area contributed by atoms with E-state index in [9.17, 15) is 9.59 Å². The van der Waals surface area contributed by atoms with E-state index in [4.69, 9.17) is 4.74 Å². The van der Waals surface area contributed by atoms with Crippen LogP contribution in [0.15, 0.2) is 48.5 Å². The number of para-hydroxylation sites is 1. The maximum absolute atomic E-state index is 12.4. The quantitative estimate of drug-likeness (QED) is 0.685. The summed E-state index contributed by atoms with van der Waals surface area (Å²) in [5.41, 5.74) is 2.14. The van der Waals surface area contributed by atoms with Gasteiger partial charge in [0.2, 0.25) is 5.91 Å². The molecule has 1 aliphatic heterocycles. The number of hydrogen-bond donors (Lipinski definition) is 1. The topological polar surface area (TPSA) is 71.5 Å². The van der Waals surface area contributed by atoms with Crippen LogP contribution in [0.4, 0.5) is 10.8 Å². The van der Waals surface area contributed by atoms with Crippen LogP contribution in [-0.4, -0.2) is 36.6 Å². The van der Waals surface area contributed by atoms with Crippen LogP contribution < -0.4 is 10.2 Å². The fourth-order valence-electron chi connectivity index (χ4n) is 2.94. The monoisotopic (exact) mass is 381 g/mol. The zero-order valence-corrected chi connectivity index (χ0v) is 15.7. The molecule has 1 saturated heterocycles. The van der Waals surface area contributed by atoms with Crippen LogP contribution in [0, 0.1) is 5.92 Å². The van der Waals surface area contributed by atoms with E-state index in [1.165, 1.54) is 0 Å². The fourth-order valence-corrected chi connectivity index (χ4v) is 3.93. The van der Waals surface area contributed by atoms with E-state index >= 15 is 0 Å². The first-order valence-electron chi connectivity index (χ1n) is 8.82. The minimum Gasteiger partial charge on any atom is -0.462 e. The van der Waals surface area contributed by atoms with Gasteiger partial charge in [-0.3, -0.25) is 4.79 Å². The summed E-state index contributed by atoms with van der Waals surface area (Å²) >= 11 is 1.65. The second kappa shape index (κ2) is 7.36. The SMILES string of the molecule is CCOC(=O)c1ccc(NC(=O)C2CN(c3nc4ccccc4s3)C2)cc1.